The third kappa shape index (κ3) is 4.45. The molecule has 188 valence electrons. The number of amides is 1. The number of halogens is 1. The number of ether oxygens (including phenoxy) is 2. The fourth-order valence-corrected chi connectivity index (χ4v) is 5.51. The van der Waals surface area contributed by atoms with Crippen molar-refractivity contribution in [1.29, 1.82) is 0 Å². The fourth-order valence-electron chi connectivity index (χ4n) is 5.51. The van der Waals surface area contributed by atoms with E-state index in [9.17, 15) is 14.3 Å². The molecule has 1 amide bonds. The first-order valence-corrected chi connectivity index (χ1v) is 12.2. The molecule has 2 aliphatic rings. The molecule has 0 aromatic heterocycles. The van der Waals surface area contributed by atoms with Gasteiger partial charge >= 0.3 is 0 Å². The van der Waals surface area contributed by atoms with Gasteiger partial charge in [0.2, 0.25) is 5.91 Å². The summed E-state index contributed by atoms with van der Waals surface area (Å²) in [6, 6.07) is 17.7. The lowest BCUT2D eigenvalue weighted by molar-refractivity contribution is -0.142. The molecule has 0 saturated heterocycles. The van der Waals surface area contributed by atoms with Gasteiger partial charge in [0, 0.05) is 25.2 Å². The maximum Gasteiger partial charge on any atom is 0.240 e. The zero-order chi connectivity index (χ0) is 25.2. The average molecular weight is 491 g/mol. The number of carbonyl (C=O) groups excluding carboxylic acids is 1. The van der Waals surface area contributed by atoms with Crippen LogP contribution in [0.1, 0.15) is 33.9 Å². The highest BCUT2D eigenvalue weighted by atomic mass is 19.1. The Morgan fingerprint density at radius 2 is 1.69 bits per heavy atom. The molecule has 2 aliphatic heterocycles. The number of benzene rings is 3. The molecule has 1 N–H and O–H groups in total. The number of aliphatic hydroxyl groups excluding tert-OH is 1. The van der Waals surface area contributed by atoms with Gasteiger partial charge in [-0.2, -0.15) is 0 Å². The summed E-state index contributed by atoms with van der Waals surface area (Å²) in [4.78, 5) is 18.0. The number of nitrogens with zero attached hydrogens (tertiary/aromatic N) is 2. The zero-order valence-electron chi connectivity index (χ0n) is 20.6. The largest absolute Gasteiger partial charge is 0.493 e. The molecule has 5 rings (SSSR count). The molecule has 2 heterocycles. The second-order valence-electron chi connectivity index (χ2n) is 9.37. The zero-order valence-corrected chi connectivity index (χ0v) is 20.6. The van der Waals surface area contributed by atoms with Crippen LogP contribution in [0.25, 0.3) is 0 Å². The Kier molecular flexibility index (Phi) is 6.94. The maximum absolute atomic E-state index is 14.6. The van der Waals surface area contributed by atoms with Crippen molar-refractivity contribution in [2.45, 2.75) is 38.0 Å². The standard InChI is InChI=1S/C29H31FN2O4/c1-35-27-14-20-11-12-32(26(18-33)23(20)15-28(27)36-2)29(34)25-13-19-7-3-4-8-21(19)16-31(25)17-22-9-5-6-10-24(22)30/h3-10,14-15,25-26,33H,11-13,16-18H2,1-2H3/t25?,26-/m1/s1. The van der Waals surface area contributed by atoms with Crippen LogP contribution in [0.2, 0.25) is 0 Å². The van der Waals surface area contributed by atoms with Crippen LogP contribution in [0.3, 0.4) is 0 Å². The number of fused-ring (bicyclic) bond motifs is 2. The van der Waals surface area contributed by atoms with Gasteiger partial charge in [-0.15, -0.1) is 0 Å². The van der Waals surface area contributed by atoms with E-state index in [0.29, 0.717) is 49.5 Å². The quantitative estimate of drug-likeness (QED) is 0.568. The predicted molar refractivity (Wildman–Crippen MR) is 134 cm³/mol. The topological polar surface area (TPSA) is 62.2 Å². The van der Waals surface area contributed by atoms with Crippen LogP contribution in [-0.2, 0) is 30.7 Å². The van der Waals surface area contributed by atoms with Crippen molar-refractivity contribution in [2.24, 2.45) is 0 Å². The predicted octanol–water partition coefficient (Wildman–Crippen LogP) is 3.89. The minimum Gasteiger partial charge on any atom is -0.493 e. The molecule has 0 saturated carbocycles. The molecular weight excluding hydrogens is 459 g/mol. The van der Waals surface area contributed by atoms with E-state index in [-0.39, 0.29) is 18.3 Å². The van der Waals surface area contributed by atoms with Crippen LogP contribution in [-0.4, -0.2) is 54.2 Å². The van der Waals surface area contributed by atoms with Crippen molar-refractivity contribution in [3.63, 3.8) is 0 Å². The highest BCUT2D eigenvalue weighted by Gasteiger charge is 2.39. The molecule has 6 nitrogen and oxygen atoms in total. The number of methoxy groups -OCH3 is 2. The molecular formula is C29H31FN2O4. The highest BCUT2D eigenvalue weighted by molar-refractivity contribution is 5.83. The van der Waals surface area contributed by atoms with Crippen molar-refractivity contribution in [3.05, 3.63) is 94.3 Å². The lowest BCUT2D eigenvalue weighted by Crippen LogP contribution is -2.54. The van der Waals surface area contributed by atoms with Gasteiger partial charge in [0.25, 0.3) is 0 Å². The molecule has 0 bridgehead atoms. The van der Waals surface area contributed by atoms with Crippen LogP contribution in [0, 0.1) is 5.82 Å². The Morgan fingerprint density at radius 3 is 2.42 bits per heavy atom. The van der Waals surface area contributed by atoms with Gasteiger partial charge in [-0.3, -0.25) is 9.69 Å². The summed E-state index contributed by atoms with van der Waals surface area (Å²) in [6.45, 7) is 1.17. The summed E-state index contributed by atoms with van der Waals surface area (Å²) in [5, 5.41) is 10.4. The second-order valence-corrected chi connectivity index (χ2v) is 9.37. The van der Waals surface area contributed by atoms with Crippen LogP contribution in [0.5, 0.6) is 11.5 Å². The monoisotopic (exact) mass is 490 g/mol. The third-order valence-electron chi connectivity index (χ3n) is 7.42. The van der Waals surface area contributed by atoms with E-state index in [1.807, 2.05) is 30.3 Å². The molecule has 0 fully saturated rings. The van der Waals surface area contributed by atoms with E-state index in [1.54, 1.807) is 31.3 Å². The lowest BCUT2D eigenvalue weighted by atomic mass is 9.89. The van der Waals surface area contributed by atoms with E-state index in [2.05, 4.69) is 17.0 Å². The highest BCUT2D eigenvalue weighted by Crippen LogP contribution is 2.39. The van der Waals surface area contributed by atoms with Crippen LogP contribution in [0.4, 0.5) is 4.39 Å². The molecule has 7 heteroatoms. The summed E-state index contributed by atoms with van der Waals surface area (Å²) in [5.74, 6) is 0.869. The lowest BCUT2D eigenvalue weighted by Gasteiger charge is -2.43. The van der Waals surface area contributed by atoms with Gasteiger partial charge in [-0.05, 0) is 53.3 Å². The summed E-state index contributed by atoms with van der Waals surface area (Å²) < 4.78 is 25.5. The van der Waals surface area contributed by atoms with E-state index >= 15 is 0 Å². The Morgan fingerprint density at radius 1 is 1.00 bits per heavy atom. The van der Waals surface area contributed by atoms with Gasteiger partial charge < -0.3 is 19.5 Å². The number of rotatable bonds is 6. The second kappa shape index (κ2) is 10.3. The molecule has 3 aromatic rings. The van der Waals surface area contributed by atoms with Gasteiger partial charge in [0.05, 0.1) is 32.9 Å². The number of hydrogen-bond acceptors (Lipinski definition) is 5. The van der Waals surface area contributed by atoms with Gasteiger partial charge in [0.15, 0.2) is 11.5 Å². The molecule has 2 atom stereocenters. The summed E-state index contributed by atoms with van der Waals surface area (Å²) >= 11 is 0. The van der Waals surface area contributed by atoms with Crippen molar-refractivity contribution in [1.82, 2.24) is 9.80 Å². The molecule has 36 heavy (non-hydrogen) atoms. The Bertz CT molecular complexity index is 1260. The SMILES string of the molecule is COc1cc2c(cc1OC)[C@@H](CO)N(C(=O)C1Cc3ccccc3CN1Cc1ccccc1F)CC2. The first-order chi connectivity index (χ1) is 17.5. The Labute approximate surface area is 210 Å². The van der Waals surface area contributed by atoms with Gasteiger partial charge in [-0.25, -0.2) is 4.39 Å². The van der Waals surface area contributed by atoms with E-state index < -0.39 is 12.1 Å². The van der Waals surface area contributed by atoms with Crippen molar-refractivity contribution < 1.29 is 23.8 Å². The van der Waals surface area contributed by atoms with E-state index in [0.717, 1.165) is 22.3 Å². The summed E-state index contributed by atoms with van der Waals surface area (Å²) in [5.41, 5.74) is 4.75. The van der Waals surface area contributed by atoms with Crippen molar-refractivity contribution >= 4 is 5.91 Å². The molecule has 0 spiro atoms. The molecule has 1 unspecified atom stereocenters. The minimum atomic E-state index is -0.492. The summed E-state index contributed by atoms with van der Waals surface area (Å²) in [6.07, 6.45) is 1.19. The van der Waals surface area contributed by atoms with E-state index in [1.165, 1.54) is 6.07 Å². The first kappa shape index (κ1) is 24.3. The van der Waals surface area contributed by atoms with Crippen LogP contribution in [0.15, 0.2) is 60.7 Å². The summed E-state index contributed by atoms with van der Waals surface area (Å²) in [7, 11) is 3.17. The third-order valence-corrected chi connectivity index (χ3v) is 7.42. The molecule has 3 aromatic carbocycles. The fraction of sp³-hybridized carbons (Fsp3) is 0.345. The van der Waals surface area contributed by atoms with E-state index in [4.69, 9.17) is 9.47 Å². The smallest absolute Gasteiger partial charge is 0.240 e. The number of carbonyl (C=O) groups is 1. The van der Waals surface area contributed by atoms with Crippen molar-refractivity contribution in [2.75, 3.05) is 27.4 Å². The average Bonchev–Trinajstić information content (AvgIpc) is 2.92. The first-order valence-electron chi connectivity index (χ1n) is 12.2. The Balaban J connectivity index is 1.48. The van der Waals surface area contributed by atoms with Gasteiger partial charge in [0.1, 0.15) is 5.82 Å². The molecule has 0 radical (unpaired) electrons. The number of hydrogen-bond donors (Lipinski definition) is 1. The van der Waals surface area contributed by atoms with Crippen LogP contribution < -0.4 is 9.47 Å². The molecule has 0 aliphatic carbocycles. The van der Waals surface area contributed by atoms with Crippen LogP contribution >= 0.6 is 0 Å². The van der Waals surface area contributed by atoms with Crippen molar-refractivity contribution in [3.8, 4) is 11.5 Å². The Hall–Kier alpha value is -3.42. The number of aliphatic hydroxyl groups is 1. The normalized spacial score (nSPS) is 19.4. The minimum absolute atomic E-state index is 0.0553. The van der Waals surface area contributed by atoms with Gasteiger partial charge in [-0.1, -0.05) is 42.5 Å². The maximum atomic E-state index is 14.6.